The first-order valence-electron chi connectivity index (χ1n) is 0.224. The van der Waals surface area contributed by atoms with Gasteiger partial charge in [-0.2, -0.15) is 0 Å². The summed E-state index contributed by atoms with van der Waals surface area (Å²) in [5, 5.41) is 6.25. The van der Waals surface area contributed by atoms with Gasteiger partial charge in [-0.15, -0.1) is 0 Å². The van der Waals surface area contributed by atoms with E-state index in [-0.39, 0.29) is 34.1 Å². The molecule has 0 fully saturated rings. The van der Waals surface area contributed by atoms with Gasteiger partial charge in [-0.25, -0.2) is 0 Å². The first-order valence-corrected chi connectivity index (χ1v) is 0.224. The standard InChI is InChI=1S/CN.2Fe/c1-2;;/q-1;;. The number of hydrogen-bond acceptors (Lipinski definition) is 1. The van der Waals surface area contributed by atoms with Gasteiger partial charge in [0.25, 0.3) is 0 Å². The van der Waals surface area contributed by atoms with Crippen molar-refractivity contribution in [3.05, 3.63) is 6.57 Å². The zero-order chi connectivity index (χ0) is 2.00. The smallest absolute Gasteiger partial charge is 0 e. The molecular weight excluding hydrogens is 138 g/mol. The fourth-order valence-corrected chi connectivity index (χ4v) is 0. The predicted molar refractivity (Wildman–Crippen MR) is 4.97 cm³/mol. The Labute approximate surface area is 46.3 Å². The summed E-state index contributed by atoms with van der Waals surface area (Å²) in [6, 6.07) is 0. The second-order valence-corrected chi connectivity index (χ2v) is 0. The molecule has 0 aliphatic carbocycles. The van der Waals surface area contributed by atoms with E-state index in [9.17, 15) is 0 Å². The van der Waals surface area contributed by atoms with Crippen LogP contribution in [0.4, 0.5) is 0 Å². The average molecular weight is 138 g/mol. The number of rotatable bonds is 0. The summed E-state index contributed by atoms with van der Waals surface area (Å²) in [6.45, 7) is 4.75. The molecular formula is CFe2N-. The van der Waals surface area contributed by atoms with Crippen LogP contribution in [-0.2, 0) is 34.1 Å². The van der Waals surface area contributed by atoms with Crippen molar-refractivity contribution in [2.24, 2.45) is 0 Å². The van der Waals surface area contributed by atoms with Gasteiger partial charge in [0.15, 0.2) is 0 Å². The van der Waals surface area contributed by atoms with E-state index in [0.29, 0.717) is 0 Å². The fourth-order valence-electron chi connectivity index (χ4n) is 0. The Kier molecular flexibility index (Phi) is 487. The SMILES string of the molecule is [C-]#N.[Fe].[Fe]. The van der Waals surface area contributed by atoms with Crippen LogP contribution in [0.2, 0.25) is 0 Å². The predicted octanol–water partition coefficient (Wildman–Crippen LogP) is 0.0914. The zero-order valence-electron chi connectivity index (χ0n) is 1.65. The van der Waals surface area contributed by atoms with Crippen LogP contribution in [0.15, 0.2) is 0 Å². The minimum absolute atomic E-state index is 0. The zero-order valence-corrected chi connectivity index (χ0v) is 3.86. The maximum Gasteiger partial charge on any atom is 0 e. The van der Waals surface area contributed by atoms with Gasteiger partial charge in [0.1, 0.15) is 0 Å². The van der Waals surface area contributed by atoms with Gasteiger partial charge in [0.2, 0.25) is 0 Å². The first kappa shape index (κ1) is 24.1. The van der Waals surface area contributed by atoms with Crippen molar-refractivity contribution in [3.63, 3.8) is 0 Å². The van der Waals surface area contributed by atoms with Crippen molar-refractivity contribution in [2.75, 3.05) is 0 Å². The average Bonchev–Trinajstić information content (AvgIpc) is 1.00. The Morgan fingerprint density at radius 1 is 1.00 bits per heavy atom. The molecule has 26 valence electrons. The summed E-state index contributed by atoms with van der Waals surface area (Å²) < 4.78 is 0. The van der Waals surface area contributed by atoms with Gasteiger partial charge in [-0.05, 0) is 0 Å². The molecule has 0 heterocycles. The number of hydrogen-bond donors (Lipinski definition) is 0. The molecule has 0 aliphatic heterocycles. The third-order valence-electron chi connectivity index (χ3n) is 0. The van der Waals surface area contributed by atoms with Gasteiger partial charge in [-0.1, -0.05) is 0 Å². The van der Waals surface area contributed by atoms with Crippen LogP contribution in [0.25, 0.3) is 0 Å². The van der Waals surface area contributed by atoms with Crippen LogP contribution in [-0.4, -0.2) is 0 Å². The van der Waals surface area contributed by atoms with Crippen LogP contribution >= 0.6 is 0 Å². The molecule has 0 N–H and O–H groups in total. The quantitative estimate of drug-likeness (QED) is 0.343. The van der Waals surface area contributed by atoms with E-state index in [1.54, 1.807) is 0 Å². The fraction of sp³-hybridized carbons (Fsp3) is 0. The molecule has 0 bridgehead atoms. The molecule has 0 saturated heterocycles. The molecule has 3 heteroatoms. The summed E-state index contributed by atoms with van der Waals surface area (Å²) >= 11 is 0. The third-order valence-corrected chi connectivity index (χ3v) is 0. The maximum atomic E-state index is 6.25. The normalized spacial score (nSPS) is 0.500. The largest absolute Gasteiger partial charge is 0.512 e. The number of nitrogens with zero attached hydrogens (tertiary/aromatic N) is 1. The molecule has 4 heavy (non-hydrogen) atoms. The van der Waals surface area contributed by atoms with Gasteiger partial charge in [0.05, 0.1) is 0 Å². The second-order valence-electron chi connectivity index (χ2n) is 0. The van der Waals surface area contributed by atoms with E-state index in [0.717, 1.165) is 0 Å². The van der Waals surface area contributed by atoms with E-state index in [1.807, 2.05) is 0 Å². The van der Waals surface area contributed by atoms with Crippen molar-refractivity contribution >= 4 is 0 Å². The molecule has 0 aromatic rings. The van der Waals surface area contributed by atoms with E-state index >= 15 is 0 Å². The van der Waals surface area contributed by atoms with E-state index in [2.05, 4.69) is 0 Å². The summed E-state index contributed by atoms with van der Waals surface area (Å²) in [7, 11) is 0. The Hall–Kier alpha value is 0.529. The second kappa shape index (κ2) is 80.7. The maximum absolute atomic E-state index is 6.25. The summed E-state index contributed by atoms with van der Waals surface area (Å²) in [5.41, 5.74) is 0. The molecule has 0 unspecified atom stereocenters. The van der Waals surface area contributed by atoms with Crippen LogP contribution < -0.4 is 0 Å². The van der Waals surface area contributed by atoms with Crippen molar-refractivity contribution in [3.8, 4) is 0 Å². The summed E-state index contributed by atoms with van der Waals surface area (Å²) in [6.07, 6.45) is 0. The van der Waals surface area contributed by atoms with Gasteiger partial charge >= 0.3 is 0 Å². The molecule has 0 amide bonds. The molecule has 0 aromatic heterocycles. The van der Waals surface area contributed by atoms with Crippen LogP contribution in [0.5, 0.6) is 0 Å². The molecule has 0 spiro atoms. The van der Waals surface area contributed by atoms with E-state index < -0.39 is 0 Å². The molecule has 0 aromatic carbocycles. The molecule has 0 rings (SSSR count). The Bertz CT molecular complexity index is 10.8. The Morgan fingerprint density at radius 2 is 1.00 bits per heavy atom. The molecule has 0 radical (unpaired) electrons. The van der Waals surface area contributed by atoms with Gasteiger partial charge in [-0.3, -0.25) is 0 Å². The minimum Gasteiger partial charge on any atom is -0.512 e. The molecule has 0 atom stereocenters. The van der Waals surface area contributed by atoms with Gasteiger partial charge in [0, 0.05) is 34.1 Å². The molecule has 1 nitrogen and oxygen atoms in total. The van der Waals surface area contributed by atoms with Crippen molar-refractivity contribution < 1.29 is 34.1 Å². The van der Waals surface area contributed by atoms with Crippen molar-refractivity contribution in [1.29, 1.82) is 5.26 Å². The van der Waals surface area contributed by atoms with Crippen molar-refractivity contribution in [1.82, 2.24) is 0 Å². The minimum atomic E-state index is 0. The monoisotopic (exact) mass is 138 g/mol. The summed E-state index contributed by atoms with van der Waals surface area (Å²) in [5.74, 6) is 0. The molecule has 0 saturated carbocycles. The van der Waals surface area contributed by atoms with E-state index in [4.69, 9.17) is 11.8 Å². The Morgan fingerprint density at radius 3 is 1.00 bits per heavy atom. The van der Waals surface area contributed by atoms with E-state index in [1.165, 1.54) is 0 Å². The summed E-state index contributed by atoms with van der Waals surface area (Å²) in [4.78, 5) is 0. The topological polar surface area (TPSA) is 23.8 Å². The van der Waals surface area contributed by atoms with Crippen LogP contribution in [0.3, 0.4) is 0 Å². The molecule has 0 aliphatic rings. The Balaban J connectivity index is -0.00000000500. The van der Waals surface area contributed by atoms with Gasteiger partial charge < -0.3 is 11.8 Å². The first-order chi connectivity index (χ1) is 1.00. The third kappa shape index (κ3) is 21.1. The van der Waals surface area contributed by atoms with Crippen LogP contribution in [0.1, 0.15) is 0 Å². The van der Waals surface area contributed by atoms with Crippen LogP contribution in [0, 0.1) is 11.8 Å². The van der Waals surface area contributed by atoms with Crippen molar-refractivity contribution in [2.45, 2.75) is 0 Å².